The van der Waals surface area contributed by atoms with Gasteiger partial charge in [0, 0.05) is 44.0 Å². The second-order valence-electron chi connectivity index (χ2n) is 6.35. The number of amides is 1. The highest BCUT2D eigenvalue weighted by atomic mass is 19.1. The Morgan fingerprint density at radius 3 is 2.20 bits per heavy atom. The van der Waals surface area contributed by atoms with Gasteiger partial charge in [-0.3, -0.25) is 10.1 Å². The fraction of sp³-hybridized carbons (Fsp3) is 0.588. The molecular formula is C17H26FN3O4. The van der Waals surface area contributed by atoms with Gasteiger partial charge in [0.05, 0.1) is 4.92 Å². The third kappa shape index (κ3) is 5.88. The number of hydrogen-bond donors (Lipinski definition) is 0. The van der Waals surface area contributed by atoms with Crippen LogP contribution in [0.3, 0.4) is 0 Å². The fourth-order valence-electron chi connectivity index (χ4n) is 2.31. The first-order valence-electron chi connectivity index (χ1n) is 8.34. The maximum atomic E-state index is 13.7. The lowest BCUT2D eigenvalue weighted by atomic mass is 10.2. The van der Waals surface area contributed by atoms with Crippen LogP contribution in [0.1, 0.15) is 34.6 Å². The Hall–Kier alpha value is -2.38. The van der Waals surface area contributed by atoms with E-state index in [1.165, 1.54) is 6.07 Å². The molecule has 0 aliphatic carbocycles. The number of nitro benzene ring substituents is 1. The van der Waals surface area contributed by atoms with Crippen LogP contribution in [0.5, 0.6) is 0 Å². The number of benzene rings is 1. The summed E-state index contributed by atoms with van der Waals surface area (Å²) in [6.45, 7) is 11.3. The third-order valence-corrected chi connectivity index (χ3v) is 3.42. The lowest BCUT2D eigenvalue weighted by molar-refractivity contribution is -0.387. The van der Waals surface area contributed by atoms with Gasteiger partial charge in [0.2, 0.25) is 5.82 Å². The SMILES string of the molecule is CC.CC(C)(C)OC(=O)N1CCN(c2ccc([N+](=O)[O-])c(F)c2)CC1. The van der Waals surface area contributed by atoms with E-state index in [4.69, 9.17) is 4.74 Å². The van der Waals surface area contributed by atoms with E-state index < -0.39 is 22.0 Å². The van der Waals surface area contributed by atoms with Gasteiger partial charge in [0.15, 0.2) is 0 Å². The molecule has 0 atom stereocenters. The average Bonchev–Trinajstić information content (AvgIpc) is 2.55. The van der Waals surface area contributed by atoms with E-state index in [1.54, 1.807) is 25.7 Å². The van der Waals surface area contributed by atoms with E-state index in [2.05, 4.69) is 0 Å². The summed E-state index contributed by atoms with van der Waals surface area (Å²) >= 11 is 0. The van der Waals surface area contributed by atoms with Crippen LogP contribution in [0.15, 0.2) is 18.2 Å². The molecule has 1 aromatic carbocycles. The fourth-order valence-corrected chi connectivity index (χ4v) is 2.31. The monoisotopic (exact) mass is 355 g/mol. The Morgan fingerprint density at radius 2 is 1.76 bits per heavy atom. The van der Waals surface area contributed by atoms with Crippen molar-refractivity contribution in [2.75, 3.05) is 31.1 Å². The van der Waals surface area contributed by atoms with Crippen molar-refractivity contribution >= 4 is 17.5 Å². The van der Waals surface area contributed by atoms with Gasteiger partial charge >= 0.3 is 11.8 Å². The van der Waals surface area contributed by atoms with Crippen molar-refractivity contribution in [2.45, 2.75) is 40.2 Å². The Kier molecular flexibility index (Phi) is 7.14. The smallest absolute Gasteiger partial charge is 0.410 e. The molecule has 1 aliphatic heterocycles. The summed E-state index contributed by atoms with van der Waals surface area (Å²) in [6.07, 6.45) is -0.368. The number of nitro groups is 1. The molecule has 8 heteroatoms. The minimum absolute atomic E-state index is 0.368. The molecule has 2 rings (SSSR count). The summed E-state index contributed by atoms with van der Waals surface area (Å²) in [5.74, 6) is -0.859. The molecule has 1 fully saturated rings. The number of carbonyl (C=O) groups is 1. The number of hydrogen-bond acceptors (Lipinski definition) is 5. The van der Waals surface area contributed by atoms with Crippen LogP contribution in [0, 0.1) is 15.9 Å². The number of piperazine rings is 1. The highest BCUT2D eigenvalue weighted by Gasteiger charge is 2.26. The average molecular weight is 355 g/mol. The van der Waals surface area contributed by atoms with Crippen molar-refractivity contribution in [1.82, 2.24) is 4.90 Å². The van der Waals surface area contributed by atoms with Crippen LogP contribution in [0.25, 0.3) is 0 Å². The van der Waals surface area contributed by atoms with E-state index in [0.717, 1.165) is 12.1 Å². The molecule has 0 saturated carbocycles. The summed E-state index contributed by atoms with van der Waals surface area (Å²) in [5.41, 5.74) is -0.520. The van der Waals surface area contributed by atoms with Crippen LogP contribution in [-0.2, 0) is 4.74 Å². The highest BCUT2D eigenvalue weighted by molar-refractivity contribution is 5.68. The van der Waals surface area contributed by atoms with Crippen LogP contribution < -0.4 is 4.90 Å². The van der Waals surface area contributed by atoms with E-state index >= 15 is 0 Å². The number of anilines is 1. The second kappa shape index (κ2) is 8.64. The summed E-state index contributed by atoms with van der Waals surface area (Å²) in [5, 5.41) is 10.6. The molecule has 1 amide bonds. The van der Waals surface area contributed by atoms with Gasteiger partial charge < -0.3 is 14.5 Å². The van der Waals surface area contributed by atoms with Crippen molar-refractivity contribution in [3.05, 3.63) is 34.1 Å². The minimum Gasteiger partial charge on any atom is -0.444 e. The molecule has 25 heavy (non-hydrogen) atoms. The van der Waals surface area contributed by atoms with Gasteiger partial charge in [0.25, 0.3) is 0 Å². The molecule has 0 aromatic heterocycles. The maximum Gasteiger partial charge on any atom is 0.410 e. The van der Waals surface area contributed by atoms with E-state index in [0.29, 0.717) is 31.9 Å². The lowest BCUT2D eigenvalue weighted by Crippen LogP contribution is -2.50. The number of rotatable bonds is 2. The zero-order valence-corrected chi connectivity index (χ0v) is 15.4. The number of nitrogens with zero attached hydrogens (tertiary/aromatic N) is 3. The maximum absolute atomic E-state index is 13.7. The van der Waals surface area contributed by atoms with E-state index in [-0.39, 0.29) is 6.09 Å². The molecule has 7 nitrogen and oxygen atoms in total. The molecule has 1 saturated heterocycles. The zero-order chi connectivity index (χ0) is 19.2. The molecule has 0 bridgehead atoms. The van der Waals surface area contributed by atoms with Gasteiger partial charge in [-0.15, -0.1) is 0 Å². The second-order valence-corrected chi connectivity index (χ2v) is 6.35. The van der Waals surface area contributed by atoms with Crippen molar-refractivity contribution < 1.29 is 18.8 Å². The molecular weight excluding hydrogens is 329 g/mol. The molecule has 0 N–H and O–H groups in total. The van der Waals surface area contributed by atoms with Crippen molar-refractivity contribution in [3.63, 3.8) is 0 Å². The summed E-state index contributed by atoms with van der Waals surface area (Å²) in [4.78, 5) is 25.3. The van der Waals surface area contributed by atoms with E-state index in [1.807, 2.05) is 18.7 Å². The Bertz CT molecular complexity index is 608. The zero-order valence-electron chi connectivity index (χ0n) is 15.4. The Balaban J connectivity index is 0.00000151. The molecule has 1 aromatic rings. The van der Waals surface area contributed by atoms with Crippen molar-refractivity contribution in [2.24, 2.45) is 0 Å². The van der Waals surface area contributed by atoms with Gasteiger partial charge in [0.1, 0.15) is 5.60 Å². The summed E-state index contributed by atoms with van der Waals surface area (Å²) in [6, 6.07) is 3.83. The van der Waals surface area contributed by atoms with Gasteiger partial charge in [-0.2, -0.15) is 4.39 Å². The first-order chi connectivity index (χ1) is 11.7. The molecule has 0 spiro atoms. The molecule has 0 unspecified atom stereocenters. The Labute approximate surface area is 147 Å². The molecule has 1 heterocycles. The number of halogens is 1. The predicted octanol–water partition coefficient (Wildman–Crippen LogP) is 3.82. The van der Waals surface area contributed by atoms with E-state index in [9.17, 15) is 19.3 Å². The van der Waals surface area contributed by atoms with Crippen molar-refractivity contribution in [1.29, 1.82) is 0 Å². The first-order valence-corrected chi connectivity index (χ1v) is 8.34. The van der Waals surface area contributed by atoms with Gasteiger partial charge in [-0.25, -0.2) is 4.79 Å². The predicted molar refractivity (Wildman–Crippen MR) is 94.4 cm³/mol. The molecule has 140 valence electrons. The standard InChI is InChI=1S/C15H20FN3O4.C2H6/c1-15(2,3)23-14(20)18-8-6-17(7-9-18)11-4-5-13(19(21)22)12(16)10-11;1-2/h4-5,10H,6-9H2,1-3H3;1-2H3. The summed E-state index contributed by atoms with van der Waals surface area (Å²) < 4.78 is 19.0. The number of ether oxygens (including phenoxy) is 1. The minimum atomic E-state index is -0.859. The number of carbonyl (C=O) groups excluding carboxylic acids is 1. The quantitative estimate of drug-likeness (QED) is 0.595. The molecule has 1 aliphatic rings. The normalized spacial score (nSPS) is 14.5. The first kappa shape index (κ1) is 20.7. The van der Waals surface area contributed by atoms with Crippen molar-refractivity contribution in [3.8, 4) is 0 Å². The van der Waals surface area contributed by atoms with Crippen LogP contribution >= 0.6 is 0 Å². The largest absolute Gasteiger partial charge is 0.444 e. The van der Waals surface area contributed by atoms with Gasteiger partial charge in [-0.05, 0) is 26.8 Å². The van der Waals surface area contributed by atoms with Crippen LogP contribution in [0.2, 0.25) is 0 Å². The third-order valence-electron chi connectivity index (χ3n) is 3.42. The highest BCUT2D eigenvalue weighted by Crippen LogP contribution is 2.24. The molecule has 0 radical (unpaired) electrons. The topological polar surface area (TPSA) is 75.9 Å². The van der Waals surface area contributed by atoms with Crippen LogP contribution in [0.4, 0.5) is 20.6 Å². The van der Waals surface area contributed by atoms with Gasteiger partial charge in [-0.1, -0.05) is 13.8 Å². The van der Waals surface area contributed by atoms with Crippen LogP contribution in [-0.4, -0.2) is 47.7 Å². The summed E-state index contributed by atoms with van der Waals surface area (Å²) in [7, 11) is 0. The Morgan fingerprint density at radius 1 is 1.20 bits per heavy atom. The lowest BCUT2D eigenvalue weighted by Gasteiger charge is -2.36.